The quantitative estimate of drug-likeness (QED) is 0.824. The van der Waals surface area contributed by atoms with Gasteiger partial charge in [-0.2, -0.15) is 4.98 Å². The summed E-state index contributed by atoms with van der Waals surface area (Å²) in [7, 11) is -3.70. The lowest BCUT2D eigenvalue weighted by Crippen LogP contribution is -2.44. The van der Waals surface area contributed by atoms with E-state index in [0.717, 1.165) is 25.3 Å². The predicted molar refractivity (Wildman–Crippen MR) is 87.5 cm³/mol. The van der Waals surface area contributed by atoms with Crippen molar-refractivity contribution in [1.29, 1.82) is 0 Å². The zero-order valence-electron chi connectivity index (χ0n) is 13.0. The molecule has 10 heteroatoms. The lowest BCUT2D eigenvalue weighted by Gasteiger charge is -2.34. The molecular weight excluding hydrogens is 359 g/mol. The smallest absolute Gasteiger partial charge is 0.261 e. The minimum absolute atomic E-state index is 0. The summed E-state index contributed by atoms with van der Waals surface area (Å²) in [4.78, 5) is 4.08. The van der Waals surface area contributed by atoms with Crippen LogP contribution in [0.1, 0.15) is 32.0 Å². The van der Waals surface area contributed by atoms with Gasteiger partial charge in [-0.3, -0.25) is 0 Å². The van der Waals surface area contributed by atoms with Crippen LogP contribution in [0.5, 0.6) is 0 Å². The van der Waals surface area contributed by atoms with Crippen molar-refractivity contribution in [2.45, 2.75) is 36.6 Å². The first kappa shape index (κ1) is 18.8. The van der Waals surface area contributed by atoms with E-state index in [2.05, 4.69) is 14.9 Å². The standard InChI is InChI=1S/C14H17FN4O3S.ClH/c1-2-17-23(20,21)9-4-5-11(15)10(8-9)12-18-13(19-22-12)14(16)6-3-7-14;/h4-5,8,17H,2-3,6-7,16H2,1H3;1H. The molecule has 1 aromatic carbocycles. The van der Waals surface area contributed by atoms with E-state index in [1.165, 1.54) is 12.1 Å². The molecule has 2 aromatic rings. The van der Waals surface area contributed by atoms with Gasteiger partial charge < -0.3 is 10.3 Å². The number of sulfonamides is 1. The van der Waals surface area contributed by atoms with Crippen LogP contribution in [0.2, 0.25) is 0 Å². The normalized spacial score (nSPS) is 16.3. The van der Waals surface area contributed by atoms with Gasteiger partial charge in [0.05, 0.1) is 16.0 Å². The number of rotatable bonds is 5. The highest BCUT2D eigenvalue weighted by Crippen LogP contribution is 2.38. The Hall–Kier alpha value is -1.55. The van der Waals surface area contributed by atoms with Gasteiger partial charge >= 0.3 is 0 Å². The third kappa shape index (κ3) is 3.30. The fraction of sp³-hybridized carbons (Fsp3) is 0.429. The van der Waals surface area contributed by atoms with E-state index >= 15 is 0 Å². The molecule has 1 heterocycles. The number of hydrogen-bond donors (Lipinski definition) is 2. The van der Waals surface area contributed by atoms with Gasteiger partial charge in [-0.1, -0.05) is 12.1 Å². The van der Waals surface area contributed by atoms with Gasteiger partial charge in [0.2, 0.25) is 10.0 Å². The van der Waals surface area contributed by atoms with Gasteiger partial charge in [0.15, 0.2) is 5.82 Å². The number of benzene rings is 1. The first-order valence-electron chi connectivity index (χ1n) is 7.28. The van der Waals surface area contributed by atoms with Crippen molar-refractivity contribution in [2.24, 2.45) is 5.73 Å². The molecule has 0 saturated heterocycles. The van der Waals surface area contributed by atoms with Gasteiger partial charge in [-0.05, 0) is 37.5 Å². The molecule has 0 bridgehead atoms. The van der Waals surface area contributed by atoms with Crippen molar-refractivity contribution in [1.82, 2.24) is 14.9 Å². The Labute approximate surface area is 145 Å². The zero-order valence-corrected chi connectivity index (χ0v) is 14.6. The fourth-order valence-corrected chi connectivity index (χ4v) is 3.49. The van der Waals surface area contributed by atoms with E-state index < -0.39 is 21.4 Å². The molecular formula is C14H18ClFN4O3S. The van der Waals surface area contributed by atoms with Gasteiger partial charge in [0, 0.05) is 6.54 Å². The number of halogens is 2. The molecule has 0 amide bonds. The predicted octanol–water partition coefficient (Wildman–Crippen LogP) is 1.93. The van der Waals surface area contributed by atoms with Crippen molar-refractivity contribution in [2.75, 3.05) is 6.54 Å². The van der Waals surface area contributed by atoms with E-state index in [4.69, 9.17) is 10.3 Å². The summed E-state index contributed by atoms with van der Waals surface area (Å²) >= 11 is 0. The number of nitrogens with two attached hydrogens (primary N) is 1. The molecule has 132 valence electrons. The molecule has 1 saturated carbocycles. The molecule has 1 fully saturated rings. The molecule has 0 spiro atoms. The Kier molecular flexibility index (Phi) is 5.28. The Balaban J connectivity index is 0.00000208. The van der Waals surface area contributed by atoms with Crippen LogP contribution in [0.4, 0.5) is 4.39 Å². The van der Waals surface area contributed by atoms with Gasteiger partial charge in [0.1, 0.15) is 5.82 Å². The first-order chi connectivity index (χ1) is 10.9. The van der Waals surface area contributed by atoms with Crippen LogP contribution in [0.15, 0.2) is 27.6 Å². The highest BCUT2D eigenvalue weighted by atomic mass is 35.5. The average Bonchev–Trinajstić information content (AvgIpc) is 2.95. The second-order valence-electron chi connectivity index (χ2n) is 5.58. The number of nitrogens with zero attached hydrogens (tertiary/aromatic N) is 2. The van der Waals surface area contributed by atoms with E-state index in [-0.39, 0.29) is 35.3 Å². The van der Waals surface area contributed by atoms with Crippen LogP contribution in [0.25, 0.3) is 11.5 Å². The SMILES string of the molecule is CCNS(=O)(=O)c1ccc(F)c(-c2nc(C3(N)CCC3)no2)c1.Cl. The molecule has 0 radical (unpaired) electrons. The summed E-state index contributed by atoms with van der Waals surface area (Å²) in [5.74, 6) is -0.406. The molecule has 1 aliphatic rings. The van der Waals surface area contributed by atoms with Gasteiger partial charge in [-0.15, -0.1) is 12.4 Å². The van der Waals surface area contributed by atoms with Crippen molar-refractivity contribution in [3.8, 4) is 11.5 Å². The molecule has 0 atom stereocenters. The second-order valence-corrected chi connectivity index (χ2v) is 7.34. The lowest BCUT2D eigenvalue weighted by molar-refractivity contribution is 0.229. The lowest BCUT2D eigenvalue weighted by atomic mass is 9.77. The summed E-state index contributed by atoms with van der Waals surface area (Å²) in [6.45, 7) is 1.89. The molecule has 7 nitrogen and oxygen atoms in total. The largest absolute Gasteiger partial charge is 0.334 e. The van der Waals surface area contributed by atoms with E-state index in [1.807, 2.05) is 0 Å². The molecule has 24 heavy (non-hydrogen) atoms. The van der Waals surface area contributed by atoms with Crippen LogP contribution in [-0.2, 0) is 15.6 Å². The average molecular weight is 377 g/mol. The Morgan fingerprint density at radius 1 is 1.42 bits per heavy atom. The van der Waals surface area contributed by atoms with Crippen LogP contribution in [0.3, 0.4) is 0 Å². The van der Waals surface area contributed by atoms with Crippen molar-refractivity contribution in [3.63, 3.8) is 0 Å². The maximum absolute atomic E-state index is 14.1. The monoisotopic (exact) mass is 376 g/mol. The zero-order chi connectivity index (χ0) is 16.7. The molecule has 1 aromatic heterocycles. The number of hydrogen-bond acceptors (Lipinski definition) is 6. The van der Waals surface area contributed by atoms with E-state index in [1.54, 1.807) is 6.92 Å². The Bertz CT molecular complexity index is 836. The summed E-state index contributed by atoms with van der Waals surface area (Å²) < 4.78 is 45.5. The molecule has 0 unspecified atom stereocenters. The van der Waals surface area contributed by atoms with Crippen molar-refractivity contribution >= 4 is 22.4 Å². The number of nitrogens with one attached hydrogen (secondary N) is 1. The summed E-state index contributed by atoms with van der Waals surface area (Å²) in [6.07, 6.45) is 2.46. The third-order valence-electron chi connectivity index (χ3n) is 3.93. The molecule has 0 aliphatic heterocycles. The van der Waals surface area contributed by atoms with Crippen molar-refractivity contribution in [3.05, 3.63) is 29.8 Å². The van der Waals surface area contributed by atoms with Gasteiger partial charge in [0.25, 0.3) is 5.89 Å². The first-order valence-corrected chi connectivity index (χ1v) is 8.77. The Morgan fingerprint density at radius 2 is 2.12 bits per heavy atom. The highest BCUT2D eigenvalue weighted by Gasteiger charge is 2.39. The maximum Gasteiger partial charge on any atom is 0.261 e. The number of aromatic nitrogens is 2. The van der Waals surface area contributed by atoms with Crippen LogP contribution in [-0.4, -0.2) is 25.1 Å². The highest BCUT2D eigenvalue weighted by molar-refractivity contribution is 7.89. The molecule has 3 N–H and O–H groups in total. The minimum Gasteiger partial charge on any atom is -0.334 e. The summed E-state index contributed by atoms with van der Waals surface area (Å²) in [5.41, 5.74) is 5.41. The van der Waals surface area contributed by atoms with Crippen molar-refractivity contribution < 1.29 is 17.3 Å². The van der Waals surface area contributed by atoms with E-state index in [9.17, 15) is 12.8 Å². The van der Waals surface area contributed by atoms with Crippen LogP contribution in [0, 0.1) is 5.82 Å². The fourth-order valence-electron chi connectivity index (χ4n) is 2.43. The second kappa shape index (κ2) is 6.75. The van der Waals surface area contributed by atoms with E-state index in [0.29, 0.717) is 5.82 Å². The summed E-state index contributed by atoms with van der Waals surface area (Å²) in [6, 6.07) is 3.42. The van der Waals surface area contributed by atoms with Gasteiger partial charge in [-0.25, -0.2) is 17.5 Å². The third-order valence-corrected chi connectivity index (χ3v) is 5.47. The molecule has 3 rings (SSSR count). The minimum atomic E-state index is -3.70. The van der Waals surface area contributed by atoms with Crippen LogP contribution < -0.4 is 10.5 Å². The Morgan fingerprint density at radius 3 is 2.71 bits per heavy atom. The topological polar surface area (TPSA) is 111 Å². The van der Waals surface area contributed by atoms with Crippen LogP contribution >= 0.6 is 12.4 Å². The summed E-state index contributed by atoms with van der Waals surface area (Å²) in [5, 5.41) is 3.81. The maximum atomic E-state index is 14.1. The molecule has 1 aliphatic carbocycles.